The lowest BCUT2D eigenvalue weighted by molar-refractivity contribution is 0.0735. The van der Waals surface area contributed by atoms with Crippen molar-refractivity contribution >= 4 is 21.8 Å². The fraction of sp³-hybridized carbons (Fsp3) is 0.278. The highest BCUT2D eigenvalue weighted by Gasteiger charge is 2.31. The minimum absolute atomic E-state index is 0.139. The van der Waals surface area contributed by atoms with Gasteiger partial charge in [-0.2, -0.15) is 0 Å². The van der Waals surface area contributed by atoms with Crippen molar-refractivity contribution in [3.8, 4) is 0 Å². The average Bonchev–Trinajstić information content (AvgIpc) is 2.99. The fourth-order valence-corrected chi connectivity index (χ4v) is 3.37. The van der Waals surface area contributed by atoms with Gasteiger partial charge in [-0.15, -0.1) is 0 Å². The van der Waals surface area contributed by atoms with Crippen LogP contribution in [-0.4, -0.2) is 17.4 Å². The molecule has 1 unspecified atom stereocenters. The third-order valence-electron chi connectivity index (χ3n) is 4.13. The highest BCUT2D eigenvalue weighted by molar-refractivity contribution is 9.10. The van der Waals surface area contributed by atoms with Crippen LogP contribution in [0.1, 0.15) is 40.4 Å². The van der Waals surface area contributed by atoms with Gasteiger partial charge in [0.2, 0.25) is 0 Å². The van der Waals surface area contributed by atoms with Gasteiger partial charge in [-0.05, 0) is 43.0 Å². The Hall–Kier alpha value is -1.61. The highest BCUT2D eigenvalue weighted by Crippen LogP contribution is 2.33. The molecule has 1 atom stereocenters. The SMILES string of the molecule is Cc1ccc(Br)cc1C(=O)N1CCCC1c1ccccc1. The second kappa shape index (κ2) is 6.02. The molecule has 0 bridgehead atoms. The molecule has 0 aromatic heterocycles. The Morgan fingerprint density at radius 3 is 2.71 bits per heavy atom. The molecule has 2 aromatic carbocycles. The van der Waals surface area contributed by atoms with Gasteiger partial charge >= 0.3 is 0 Å². The summed E-state index contributed by atoms with van der Waals surface area (Å²) in [4.78, 5) is 14.9. The monoisotopic (exact) mass is 343 g/mol. The number of benzene rings is 2. The number of amides is 1. The van der Waals surface area contributed by atoms with E-state index in [9.17, 15) is 4.79 Å². The molecule has 21 heavy (non-hydrogen) atoms. The highest BCUT2D eigenvalue weighted by atomic mass is 79.9. The average molecular weight is 344 g/mol. The molecule has 3 heteroatoms. The minimum atomic E-state index is 0.139. The summed E-state index contributed by atoms with van der Waals surface area (Å²) < 4.78 is 0.951. The molecule has 2 aromatic rings. The third kappa shape index (κ3) is 2.88. The summed E-state index contributed by atoms with van der Waals surface area (Å²) in [5.41, 5.74) is 3.06. The van der Waals surface area contributed by atoms with E-state index >= 15 is 0 Å². The van der Waals surface area contributed by atoms with Crippen molar-refractivity contribution in [3.05, 3.63) is 69.7 Å². The molecular formula is C18H18BrNO. The standard InChI is InChI=1S/C18H18BrNO/c1-13-9-10-15(19)12-16(13)18(21)20-11-5-8-17(20)14-6-3-2-4-7-14/h2-4,6-7,9-10,12,17H,5,8,11H2,1H3. The third-order valence-corrected chi connectivity index (χ3v) is 4.62. The maximum atomic E-state index is 12.9. The molecule has 108 valence electrons. The first-order valence-corrected chi connectivity index (χ1v) is 8.08. The molecule has 0 saturated carbocycles. The van der Waals surface area contributed by atoms with Gasteiger partial charge in [-0.3, -0.25) is 4.79 Å². The van der Waals surface area contributed by atoms with Crippen molar-refractivity contribution in [2.45, 2.75) is 25.8 Å². The second-order valence-corrected chi connectivity index (χ2v) is 6.44. The van der Waals surface area contributed by atoms with Crippen LogP contribution >= 0.6 is 15.9 Å². The number of aryl methyl sites for hydroxylation is 1. The van der Waals surface area contributed by atoms with E-state index < -0.39 is 0 Å². The number of likely N-dealkylation sites (tertiary alicyclic amines) is 1. The van der Waals surface area contributed by atoms with Crippen LogP contribution < -0.4 is 0 Å². The number of nitrogens with zero attached hydrogens (tertiary/aromatic N) is 1. The molecule has 1 heterocycles. The lowest BCUT2D eigenvalue weighted by Crippen LogP contribution is -2.31. The van der Waals surface area contributed by atoms with E-state index in [4.69, 9.17) is 0 Å². The van der Waals surface area contributed by atoms with E-state index in [-0.39, 0.29) is 11.9 Å². The molecule has 1 saturated heterocycles. The molecule has 0 N–H and O–H groups in total. The van der Waals surface area contributed by atoms with Gasteiger partial charge in [-0.25, -0.2) is 0 Å². The van der Waals surface area contributed by atoms with Crippen LogP contribution in [0.15, 0.2) is 53.0 Å². The van der Waals surface area contributed by atoms with Crippen molar-refractivity contribution in [2.75, 3.05) is 6.54 Å². The number of rotatable bonds is 2. The number of hydrogen-bond donors (Lipinski definition) is 0. The molecule has 1 aliphatic heterocycles. The summed E-state index contributed by atoms with van der Waals surface area (Å²) in [5, 5.41) is 0. The Morgan fingerprint density at radius 2 is 1.95 bits per heavy atom. The molecule has 1 fully saturated rings. The molecule has 1 amide bonds. The summed E-state index contributed by atoms with van der Waals surface area (Å²) in [5.74, 6) is 0.139. The van der Waals surface area contributed by atoms with Gasteiger partial charge in [0.25, 0.3) is 5.91 Å². The van der Waals surface area contributed by atoms with Crippen molar-refractivity contribution < 1.29 is 4.79 Å². The van der Waals surface area contributed by atoms with Crippen molar-refractivity contribution in [1.29, 1.82) is 0 Å². The molecule has 3 rings (SSSR count). The molecule has 0 spiro atoms. The Labute approximate surface area is 133 Å². The van der Waals surface area contributed by atoms with Crippen LogP contribution in [0.5, 0.6) is 0 Å². The first-order chi connectivity index (χ1) is 10.2. The Morgan fingerprint density at radius 1 is 1.19 bits per heavy atom. The van der Waals surface area contributed by atoms with E-state index in [1.54, 1.807) is 0 Å². The molecule has 1 aliphatic rings. The lowest BCUT2D eigenvalue weighted by Gasteiger charge is -2.26. The van der Waals surface area contributed by atoms with Crippen molar-refractivity contribution in [2.24, 2.45) is 0 Å². The number of carbonyl (C=O) groups is 1. The molecule has 0 aliphatic carbocycles. The van der Waals surface area contributed by atoms with E-state index in [0.717, 1.165) is 35.0 Å². The van der Waals surface area contributed by atoms with Gasteiger partial charge < -0.3 is 4.90 Å². The largest absolute Gasteiger partial charge is 0.332 e. The van der Waals surface area contributed by atoms with Crippen molar-refractivity contribution in [1.82, 2.24) is 4.90 Å². The van der Waals surface area contributed by atoms with Crippen LogP contribution in [0.2, 0.25) is 0 Å². The number of carbonyl (C=O) groups excluding carboxylic acids is 1. The predicted molar refractivity (Wildman–Crippen MR) is 88.3 cm³/mol. The van der Waals surface area contributed by atoms with E-state index in [1.165, 1.54) is 5.56 Å². The lowest BCUT2D eigenvalue weighted by atomic mass is 10.0. The van der Waals surface area contributed by atoms with Crippen LogP contribution in [0.25, 0.3) is 0 Å². The zero-order valence-corrected chi connectivity index (χ0v) is 13.6. The Kier molecular flexibility index (Phi) is 4.11. The number of halogens is 1. The van der Waals surface area contributed by atoms with Crippen LogP contribution in [0.4, 0.5) is 0 Å². The minimum Gasteiger partial charge on any atom is -0.332 e. The Bertz CT molecular complexity index is 654. The maximum absolute atomic E-state index is 12.9. The van der Waals surface area contributed by atoms with Gasteiger partial charge in [0, 0.05) is 16.6 Å². The van der Waals surface area contributed by atoms with Gasteiger partial charge in [0.15, 0.2) is 0 Å². The van der Waals surface area contributed by atoms with Gasteiger partial charge in [0.1, 0.15) is 0 Å². The zero-order valence-electron chi connectivity index (χ0n) is 12.1. The quantitative estimate of drug-likeness (QED) is 0.771. The van der Waals surface area contributed by atoms with E-state index in [0.29, 0.717) is 0 Å². The second-order valence-electron chi connectivity index (χ2n) is 5.53. The summed E-state index contributed by atoms with van der Waals surface area (Å²) >= 11 is 3.46. The first kappa shape index (κ1) is 14.3. The summed E-state index contributed by atoms with van der Waals surface area (Å²) in [6.45, 7) is 2.83. The van der Waals surface area contributed by atoms with Crippen LogP contribution in [0.3, 0.4) is 0 Å². The molecular weight excluding hydrogens is 326 g/mol. The Balaban J connectivity index is 1.92. The molecule has 0 radical (unpaired) electrons. The normalized spacial score (nSPS) is 18.0. The predicted octanol–water partition coefficient (Wildman–Crippen LogP) is 4.73. The molecule has 2 nitrogen and oxygen atoms in total. The number of hydrogen-bond acceptors (Lipinski definition) is 1. The topological polar surface area (TPSA) is 20.3 Å². The zero-order chi connectivity index (χ0) is 14.8. The van der Waals surface area contributed by atoms with E-state index in [1.807, 2.05) is 48.2 Å². The smallest absolute Gasteiger partial charge is 0.254 e. The summed E-state index contributed by atoms with van der Waals surface area (Å²) in [6, 6.07) is 16.4. The van der Waals surface area contributed by atoms with E-state index in [2.05, 4.69) is 28.1 Å². The fourth-order valence-electron chi connectivity index (χ4n) is 3.01. The van der Waals surface area contributed by atoms with Gasteiger partial charge in [-0.1, -0.05) is 52.3 Å². The van der Waals surface area contributed by atoms with Crippen molar-refractivity contribution in [3.63, 3.8) is 0 Å². The van der Waals surface area contributed by atoms with Gasteiger partial charge in [0.05, 0.1) is 6.04 Å². The first-order valence-electron chi connectivity index (χ1n) is 7.29. The van der Waals surface area contributed by atoms with Crippen LogP contribution in [-0.2, 0) is 0 Å². The van der Waals surface area contributed by atoms with Crippen LogP contribution in [0, 0.1) is 6.92 Å². The maximum Gasteiger partial charge on any atom is 0.254 e. The summed E-state index contributed by atoms with van der Waals surface area (Å²) in [6.07, 6.45) is 2.11. The summed E-state index contributed by atoms with van der Waals surface area (Å²) in [7, 11) is 0.